The minimum Gasteiger partial charge on any atom is -0.397 e. The molecule has 0 atom stereocenters. The third-order valence-corrected chi connectivity index (χ3v) is 1.49. The lowest BCUT2D eigenvalue weighted by molar-refractivity contribution is -0.107. The fourth-order valence-electron chi connectivity index (χ4n) is 0.904. The number of pyridine rings is 1. The Kier molecular flexibility index (Phi) is 3.04. The smallest absolute Gasteiger partial charge is 0.131 e. The first kappa shape index (κ1) is 9.27. The maximum Gasteiger partial charge on any atom is 0.131 e. The Morgan fingerprint density at radius 2 is 2.46 bits per heavy atom. The molecule has 0 saturated carbocycles. The predicted molar refractivity (Wildman–Crippen MR) is 50.9 cm³/mol. The first-order valence-electron chi connectivity index (χ1n) is 3.88. The van der Waals surface area contributed by atoms with Gasteiger partial charge in [-0.2, -0.15) is 0 Å². The summed E-state index contributed by atoms with van der Waals surface area (Å²) in [6.07, 6.45) is 2.56. The summed E-state index contributed by atoms with van der Waals surface area (Å²) in [7, 11) is 0. The van der Waals surface area contributed by atoms with Crippen molar-refractivity contribution in [2.75, 3.05) is 5.73 Å². The quantitative estimate of drug-likeness (QED) is 0.508. The summed E-state index contributed by atoms with van der Waals surface area (Å²) in [5.41, 5.74) is 7.75. The van der Waals surface area contributed by atoms with Gasteiger partial charge >= 0.3 is 0 Å². The van der Waals surface area contributed by atoms with Crippen molar-refractivity contribution in [2.24, 2.45) is 0 Å². The highest BCUT2D eigenvalue weighted by Crippen LogP contribution is 2.07. The minimum atomic E-state index is 0.242. The number of aldehydes is 1. The summed E-state index contributed by atoms with van der Waals surface area (Å²) < 4.78 is 0. The van der Waals surface area contributed by atoms with E-state index in [1.165, 1.54) is 0 Å². The van der Waals surface area contributed by atoms with Crippen molar-refractivity contribution in [3.63, 3.8) is 0 Å². The highest BCUT2D eigenvalue weighted by molar-refractivity contribution is 5.55. The molecule has 0 aliphatic heterocycles. The zero-order chi connectivity index (χ0) is 9.68. The van der Waals surface area contributed by atoms with E-state index in [2.05, 4.69) is 16.8 Å². The maximum atomic E-state index is 9.99. The molecule has 2 N–H and O–H groups in total. The molecule has 0 spiro atoms. The van der Waals surface area contributed by atoms with Gasteiger partial charge in [-0.05, 0) is 24.5 Å². The Balaban J connectivity index is 2.91. The first-order chi connectivity index (χ1) is 6.24. The van der Waals surface area contributed by atoms with Crippen molar-refractivity contribution in [1.82, 2.24) is 4.98 Å². The Hall–Kier alpha value is -1.82. The molecule has 1 heterocycles. The zero-order valence-electron chi connectivity index (χ0n) is 7.37. The van der Waals surface area contributed by atoms with Crippen molar-refractivity contribution in [2.45, 2.75) is 13.3 Å². The summed E-state index contributed by atoms with van der Waals surface area (Å²) in [6.45, 7) is 1.88. The fourth-order valence-corrected chi connectivity index (χ4v) is 0.904. The standard InChI is InChI=1S/C10H10N2O/c1-8-6-9(11)7-12-10(8)4-2-3-5-13/h5-7H,3,11H2,1H3. The molecule has 0 aliphatic rings. The Morgan fingerprint density at radius 3 is 3.08 bits per heavy atom. The van der Waals surface area contributed by atoms with Gasteiger partial charge in [-0.25, -0.2) is 4.98 Å². The number of hydrogen-bond acceptors (Lipinski definition) is 3. The van der Waals surface area contributed by atoms with Crippen molar-refractivity contribution in [1.29, 1.82) is 0 Å². The minimum absolute atomic E-state index is 0.242. The molecule has 0 bridgehead atoms. The Bertz CT molecular complexity index is 374. The number of aromatic nitrogens is 1. The fraction of sp³-hybridized carbons (Fsp3) is 0.200. The molecule has 0 unspecified atom stereocenters. The number of nitrogens with two attached hydrogens (primary N) is 1. The maximum absolute atomic E-state index is 9.99. The summed E-state index contributed by atoms with van der Waals surface area (Å²) in [5, 5.41) is 0. The van der Waals surface area contributed by atoms with Gasteiger partial charge in [0.2, 0.25) is 0 Å². The van der Waals surface area contributed by atoms with Crippen LogP contribution in [0.3, 0.4) is 0 Å². The first-order valence-corrected chi connectivity index (χ1v) is 3.88. The van der Waals surface area contributed by atoms with Crippen LogP contribution in [0.1, 0.15) is 17.7 Å². The molecular weight excluding hydrogens is 164 g/mol. The largest absolute Gasteiger partial charge is 0.397 e. The molecule has 3 heteroatoms. The van der Waals surface area contributed by atoms with Crippen molar-refractivity contribution >= 4 is 12.0 Å². The highest BCUT2D eigenvalue weighted by atomic mass is 16.1. The molecule has 66 valence electrons. The highest BCUT2D eigenvalue weighted by Gasteiger charge is 1.95. The average Bonchev–Trinajstić information content (AvgIpc) is 2.09. The van der Waals surface area contributed by atoms with Crippen LogP contribution >= 0.6 is 0 Å². The van der Waals surface area contributed by atoms with Gasteiger partial charge in [0.25, 0.3) is 0 Å². The lowest BCUT2D eigenvalue weighted by atomic mass is 10.2. The molecule has 13 heavy (non-hydrogen) atoms. The SMILES string of the molecule is Cc1cc(N)cnc1C#CCC=O. The van der Waals surface area contributed by atoms with Crippen LogP contribution < -0.4 is 5.73 Å². The van der Waals surface area contributed by atoms with E-state index in [4.69, 9.17) is 5.73 Å². The molecule has 0 radical (unpaired) electrons. The number of aryl methyl sites for hydroxylation is 1. The van der Waals surface area contributed by atoms with Crippen LogP contribution in [-0.2, 0) is 4.79 Å². The van der Waals surface area contributed by atoms with Crippen LogP contribution in [-0.4, -0.2) is 11.3 Å². The summed E-state index contributed by atoms with van der Waals surface area (Å²) in [4.78, 5) is 14.0. The van der Waals surface area contributed by atoms with Gasteiger partial charge in [0.15, 0.2) is 0 Å². The predicted octanol–water partition coefficient (Wildman–Crippen LogP) is 0.913. The molecule has 1 rings (SSSR count). The Morgan fingerprint density at radius 1 is 1.69 bits per heavy atom. The van der Waals surface area contributed by atoms with Gasteiger partial charge in [0.1, 0.15) is 12.0 Å². The number of carbonyl (C=O) groups is 1. The van der Waals surface area contributed by atoms with E-state index >= 15 is 0 Å². The summed E-state index contributed by atoms with van der Waals surface area (Å²) in [6, 6.07) is 1.80. The molecule has 0 saturated heterocycles. The topological polar surface area (TPSA) is 56.0 Å². The second-order valence-corrected chi connectivity index (χ2v) is 2.61. The molecule has 0 aromatic carbocycles. The van der Waals surface area contributed by atoms with E-state index in [1.54, 1.807) is 12.3 Å². The average molecular weight is 174 g/mol. The summed E-state index contributed by atoms with van der Waals surface area (Å²) in [5.74, 6) is 5.48. The normalized spacial score (nSPS) is 8.69. The van der Waals surface area contributed by atoms with Gasteiger partial charge in [0.05, 0.1) is 18.3 Å². The van der Waals surface area contributed by atoms with Crippen LogP contribution in [0, 0.1) is 18.8 Å². The van der Waals surface area contributed by atoms with Gasteiger partial charge in [0, 0.05) is 0 Å². The number of nitrogen functional groups attached to an aromatic ring is 1. The molecular formula is C10H10N2O. The van der Waals surface area contributed by atoms with Gasteiger partial charge < -0.3 is 10.5 Å². The molecule has 0 aliphatic carbocycles. The van der Waals surface area contributed by atoms with Crippen LogP contribution in [0.25, 0.3) is 0 Å². The summed E-state index contributed by atoms with van der Waals surface area (Å²) >= 11 is 0. The van der Waals surface area contributed by atoms with E-state index in [-0.39, 0.29) is 6.42 Å². The van der Waals surface area contributed by atoms with E-state index in [0.717, 1.165) is 11.8 Å². The van der Waals surface area contributed by atoms with Crippen LogP contribution in [0.4, 0.5) is 5.69 Å². The number of hydrogen-bond donors (Lipinski definition) is 1. The lowest BCUT2D eigenvalue weighted by Crippen LogP contribution is -1.92. The van der Waals surface area contributed by atoms with Gasteiger partial charge in [-0.1, -0.05) is 5.92 Å². The number of rotatable bonds is 1. The monoisotopic (exact) mass is 174 g/mol. The van der Waals surface area contributed by atoms with Crippen LogP contribution in [0.15, 0.2) is 12.3 Å². The second kappa shape index (κ2) is 4.27. The van der Waals surface area contributed by atoms with Gasteiger partial charge in [-0.15, -0.1) is 0 Å². The zero-order valence-corrected chi connectivity index (χ0v) is 7.37. The van der Waals surface area contributed by atoms with Crippen LogP contribution in [0.5, 0.6) is 0 Å². The van der Waals surface area contributed by atoms with E-state index < -0.39 is 0 Å². The second-order valence-electron chi connectivity index (χ2n) is 2.61. The molecule has 0 amide bonds. The lowest BCUT2D eigenvalue weighted by Gasteiger charge is -1.97. The van der Waals surface area contributed by atoms with Crippen molar-refractivity contribution in [3.05, 3.63) is 23.5 Å². The third-order valence-electron chi connectivity index (χ3n) is 1.49. The number of anilines is 1. The van der Waals surface area contributed by atoms with E-state index in [0.29, 0.717) is 11.4 Å². The Labute approximate surface area is 77.0 Å². The number of nitrogens with zero attached hydrogens (tertiary/aromatic N) is 1. The van der Waals surface area contributed by atoms with E-state index in [1.807, 2.05) is 6.92 Å². The van der Waals surface area contributed by atoms with Gasteiger partial charge in [-0.3, -0.25) is 0 Å². The van der Waals surface area contributed by atoms with E-state index in [9.17, 15) is 4.79 Å². The van der Waals surface area contributed by atoms with Crippen molar-refractivity contribution in [3.8, 4) is 11.8 Å². The molecule has 1 aromatic heterocycles. The molecule has 1 aromatic rings. The molecule has 0 fully saturated rings. The van der Waals surface area contributed by atoms with Crippen LogP contribution in [0.2, 0.25) is 0 Å². The molecule has 3 nitrogen and oxygen atoms in total. The third kappa shape index (κ3) is 2.60. The van der Waals surface area contributed by atoms with Crippen molar-refractivity contribution < 1.29 is 4.79 Å². The number of carbonyl (C=O) groups excluding carboxylic acids is 1.